The number of carbonyl (C=O) groups excluding carboxylic acids is 1. The van der Waals surface area contributed by atoms with Crippen molar-refractivity contribution in [1.82, 2.24) is 0 Å². The topological polar surface area (TPSA) is 35.5 Å². The lowest BCUT2D eigenvalue weighted by molar-refractivity contribution is -0.141. The Bertz CT molecular complexity index is 450. The molecule has 1 unspecified atom stereocenters. The van der Waals surface area contributed by atoms with Gasteiger partial charge >= 0.3 is 5.97 Å². The minimum absolute atomic E-state index is 0.161. The molecule has 0 aliphatic rings. The summed E-state index contributed by atoms with van der Waals surface area (Å²) in [6.45, 7) is 8.35. The molecule has 0 fully saturated rings. The van der Waals surface area contributed by atoms with Gasteiger partial charge in [-0.25, -0.2) is 0 Å². The van der Waals surface area contributed by atoms with Crippen molar-refractivity contribution in [3.8, 4) is 5.75 Å². The van der Waals surface area contributed by atoms with Gasteiger partial charge in [0.15, 0.2) is 0 Å². The number of hydrogen-bond acceptors (Lipinski definition) is 3. The molecule has 106 valence electrons. The predicted octanol–water partition coefficient (Wildman–Crippen LogP) is 3.61. The van der Waals surface area contributed by atoms with Gasteiger partial charge in [0.05, 0.1) is 20.6 Å². The molecular formula is C16H24O3. The van der Waals surface area contributed by atoms with E-state index in [1.807, 2.05) is 13.0 Å². The largest absolute Gasteiger partial charge is 0.496 e. The van der Waals surface area contributed by atoms with Gasteiger partial charge in [0.1, 0.15) is 5.75 Å². The first kappa shape index (κ1) is 15.5. The van der Waals surface area contributed by atoms with Gasteiger partial charge in [-0.2, -0.15) is 0 Å². The van der Waals surface area contributed by atoms with Crippen LogP contribution in [0.5, 0.6) is 5.75 Å². The third kappa shape index (κ3) is 3.72. The van der Waals surface area contributed by atoms with Gasteiger partial charge in [-0.1, -0.05) is 19.9 Å². The molecule has 0 bridgehead atoms. The summed E-state index contributed by atoms with van der Waals surface area (Å²) in [5.74, 6) is 1.29. The van der Waals surface area contributed by atoms with Crippen LogP contribution in [0.1, 0.15) is 42.9 Å². The maximum atomic E-state index is 11.6. The van der Waals surface area contributed by atoms with Crippen LogP contribution in [0.3, 0.4) is 0 Å². The Morgan fingerprint density at radius 2 is 1.79 bits per heavy atom. The fourth-order valence-corrected chi connectivity index (χ4v) is 2.40. The monoisotopic (exact) mass is 264 g/mol. The van der Waals surface area contributed by atoms with E-state index in [1.165, 1.54) is 12.7 Å². The molecule has 1 atom stereocenters. The Hall–Kier alpha value is -1.51. The fourth-order valence-electron chi connectivity index (χ4n) is 2.40. The van der Waals surface area contributed by atoms with Crippen molar-refractivity contribution in [1.29, 1.82) is 0 Å². The molecule has 0 N–H and O–H groups in total. The van der Waals surface area contributed by atoms with E-state index in [9.17, 15) is 4.79 Å². The first-order valence-corrected chi connectivity index (χ1v) is 6.62. The average molecular weight is 264 g/mol. The molecule has 3 heteroatoms. The van der Waals surface area contributed by atoms with E-state index in [1.54, 1.807) is 7.11 Å². The number of aryl methyl sites for hydroxylation is 2. The molecule has 0 spiro atoms. The Labute approximate surface area is 115 Å². The number of hydrogen-bond donors (Lipinski definition) is 0. The summed E-state index contributed by atoms with van der Waals surface area (Å²) in [4.78, 5) is 11.6. The summed E-state index contributed by atoms with van der Waals surface area (Å²) < 4.78 is 10.1. The zero-order chi connectivity index (χ0) is 14.6. The molecular weight excluding hydrogens is 240 g/mol. The summed E-state index contributed by atoms with van der Waals surface area (Å²) in [5, 5.41) is 0. The third-order valence-corrected chi connectivity index (χ3v) is 3.60. The molecule has 19 heavy (non-hydrogen) atoms. The molecule has 3 nitrogen and oxygen atoms in total. The number of benzene rings is 1. The summed E-state index contributed by atoms with van der Waals surface area (Å²) in [7, 11) is 3.11. The zero-order valence-electron chi connectivity index (χ0n) is 12.7. The standard InChI is InChI=1S/C16H24O3/c1-10(2)13(9-16(17)19-6)14-7-12(4)15(18-5)8-11(14)3/h7-8,10,13H,9H2,1-6H3. The summed E-state index contributed by atoms with van der Waals surface area (Å²) in [6, 6.07) is 4.17. The Kier molecular flexibility index (Phi) is 5.40. The van der Waals surface area contributed by atoms with E-state index in [4.69, 9.17) is 9.47 Å². The van der Waals surface area contributed by atoms with Crippen molar-refractivity contribution < 1.29 is 14.3 Å². The summed E-state index contributed by atoms with van der Waals surface area (Å²) in [5.41, 5.74) is 3.46. The second-order valence-corrected chi connectivity index (χ2v) is 5.31. The highest BCUT2D eigenvalue weighted by atomic mass is 16.5. The SMILES string of the molecule is COC(=O)CC(c1cc(C)c(OC)cc1C)C(C)C. The van der Waals surface area contributed by atoms with Crippen LogP contribution in [0.25, 0.3) is 0 Å². The van der Waals surface area contributed by atoms with Crippen molar-refractivity contribution in [3.05, 3.63) is 28.8 Å². The highest BCUT2D eigenvalue weighted by Crippen LogP contribution is 2.34. The smallest absolute Gasteiger partial charge is 0.306 e. The van der Waals surface area contributed by atoms with Crippen molar-refractivity contribution >= 4 is 5.97 Å². The van der Waals surface area contributed by atoms with Crippen LogP contribution < -0.4 is 4.74 Å². The first-order chi connectivity index (χ1) is 8.90. The number of carbonyl (C=O) groups is 1. The third-order valence-electron chi connectivity index (χ3n) is 3.60. The number of rotatable bonds is 5. The maximum Gasteiger partial charge on any atom is 0.306 e. The first-order valence-electron chi connectivity index (χ1n) is 6.62. The van der Waals surface area contributed by atoms with Crippen LogP contribution >= 0.6 is 0 Å². The van der Waals surface area contributed by atoms with Crippen LogP contribution in [-0.4, -0.2) is 20.2 Å². The predicted molar refractivity (Wildman–Crippen MR) is 76.7 cm³/mol. The summed E-state index contributed by atoms with van der Waals surface area (Å²) >= 11 is 0. The van der Waals surface area contributed by atoms with Crippen LogP contribution in [0.15, 0.2) is 12.1 Å². The number of esters is 1. The van der Waals surface area contributed by atoms with E-state index in [2.05, 4.69) is 26.8 Å². The second kappa shape index (κ2) is 6.60. The second-order valence-electron chi connectivity index (χ2n) is 5.31. The van der Waals surface area contributed by atoms with Gasteiger partial charge < -0.3 is 9.47 Å². The minimum atomic E-state index is -0.161. The van der Waals surface area contributed by atoms with Crippen molar-refractivity contribution in [2.24, 2.45) is 5.92 Å². The molecule has 0 aliphatic carbocycles. The molecule has 1 aromatic rings. The molecule has 0 radical (unpaired) electrons. The van der Waals surface area contributed by atoms with E-state index in [0.717, 1.165) is 16.9 Å². The van der Waals surface area contributed by atoms with Crippen LogP contribution in [-0.2, 0) is 9.53 Å². The maximum absolute atomic E-state index is 11.6. The van der Waals surface area contributed by atoms with Crippen molar-refractivity contribution in [2.45, 2.75) is 40.0 Å². The van der Waals surface area contributed by atoms with E-state index in [-0.39, 0.29) is 11.9 Å². The van der Waals surface area contributed by atoms with Gasteiger partial charge in [0.2, 0.25) is 0 Å². The molecule has 0 saturated carbocycles. The van der Waals surface area contributed by atoms with E-state index >= 15 is 0 Å². The van der Waals surface area contributed by atoms with Crippen LogP contribution in [0, 0.1) is 19.8 Å². The highest BCUT2D eigenvalue weighted by Gasteiger charge is 2.22. The highest BCUT2D eigenvalue weighted by molar-refractivity contribution is 5.70. The van der Waals surface area contributed by atoms with Gasteiger partial charge in [-0.15, -0.1) is 0 Å². The zero-order valence-corrected chi connectivity index (χ0v) is 12.7. The van der Waals surface area contributed by atoms with Crippen LogP contribution in [0.2, 0.25) is 0 Å². The molecule has 0 saturated heterocycles. The van der Waals surface area contributed by atoms with E-state index < -0.39 is 0 Å². The summed E-state index contributed by atoms with van der Waals surface area (Å²) in [6.07, 6.45) is 0.417. The van der Waals surface area contributed by atoms with Crippen molar-refractivity contribution in [3.63, 3.8) is 0 Å². The Morgan fingerprint density at radius 3 is 2.26 bits per heavy atom. The quantitative estimate of drug-likeness (QED) is 0.762. The van der Waals surface area contributed by atoms with Gasteiger partial charge in [-0.3, -0.25) is 4.79 Å². The van der Waals surface area contributed by atoms with Crippen LogP contribution in [0.4, 0.5) is 0 Å². The normalized spacial score (nSPS) is 12.4. The van der Waals surface area contributed by atoms with E-state index in [0.29, 0.717) is 12.3 Å². The lowest BCUT2D eigenvalue weighted by Gasteiger charge is -2.23. The lowest BCUT2D eigenvalue weighted by Crippen LogP contribution is -2.15. The van der Waals surface area contributed by atoms with Crippen molar-refractivity contribution in [2.75, 3.05) is 14.2 Å². The van der Waals surface area contributed by atoms with Gasteiger partial charge in [0, 0.05) is 0 Å². The Morgan fingerprint density at radius 1 is 1.16 bits per heavy atom. The minimum Gasteiger partial charge on any atom is -0.496 e. The molecule has 0 amide bonds. The Balaban J connectivity index is 3.16. The molecule has 0 aliphatic heterocycles. The molecule has 1 aromatic carbocycles. The number of methoxy groups -OCH3 is 2. The number of ether oxygens (including phenoxy) is 2. The lowest BCUT2D eigenvalue weighted by atomic mass is 9.83. The average Bonchev–Trinajstić information content (AvgIpc) is 2.37. The van der Waals surface area contributed by atoms with Gasteiger partial charge in [-0.05, 0) is 48.4 Å². The fraction of sp³-hybridized carbons (Fsp3) is 0.562. The molecule has 1 rings (SSSR count). The molecule has 0 aromatic heterocycles. The van der Waals surface area contributed by atoms with Gasteiger partial charge in [0.25, 0.3) is 0 Å². The molecule has 0 heterocycles.